The van der Waals surface area contributed by atoms with Crippen LogP contribution in [0.5, 0.6) is 0 Å². The van der Waals surface area contributed by atoms with Gasteiger partial charge in [-0.2, -0.15) is 0 Å². The Bertz CT molecular complexity index is 776. The number of nitrogens with zero attached hydrogens (tertiary/aromatic N) is 1. The van der Waals surface area contributed by atoms with E-state index in [2.05, 4.69) is 12.2 Å². The van der Waals surface area contributed by atoms with Crippen LogP contribution in [0.4, 0.5) is 0 Å². The molecule has 1 aromatic heterocycles. The highest BCUT2D eigenvalue weighted by Crippen LogP contribution is 2.27. The number of unbranched alkanes of at least 4 members (excludes halogenated alkanes) is 1. The Kier molecular flexibility index (Phi) is 7.65. The van der Waals surface area contributed by atoms with Gasteiger partial charge in [-0.25, -0.2) is 4.79 Å². The zero-order valence-electron chi connectivity index (χ0n) is 16.8. The number of hydrogen-bond acceptors (Lipinski definition) is 3. The Morgan fingerprint density at radius 2 is 1.81 bits per heavy atom. The maximum Gasteiger partial charge on any atom is 0.339 e. The fourth-order valence-electron chi connectivity index (χ4n) is 3.02. The van der Waals surface area contributed by atoms with Crippen molar-refractivity contribution in [2.45, 2.75) is 53.5 Å². The van der Waals surface area contributed by atoms with Gasteiger partial charge in [0.05, 0.1) is 12.2 Å². The molecule has 0 saturated carbocycles. The van der Waals surface area contributed by atoms with Gasteiger partial charge in [-0.15, -0.1) is 0 Å². The van der Waals surface area contributed by atoms with Gasteiger partial charge in [0.25, 0.3) is 0 Å². The molecule has 0 spiro atoms. The van der Waals surface area contributed by atoms with Gasteiger partial charge in [-0.1, -0.05) is 43.2 Å². The van der Waals surface area contributed by atoms with Crippen molar-refractivity contribution in [3.8, 4) is 11.3 Å². The molecule has 1 amide bonds. The summed E-state index contributed by atoms with van der Waals surface area (Å²) in [7, 11) is 0. The number of benzene rings is 1. The second-order valence-electron chi connectivity index (χ2n) is 6.72. The van der Waals surface area contributed by atoms with Crippen LogP contribution in [0.15, 0.2) is 30.3 Å². The van der Waals surface area contributed by atoms with Crippen LogP contribution in [-0.4, -0.2) is 29.6 Å². The van der Waals surface area contributed by atoms with Crippen molar-refractivity contribution in [3.05, 3.63) is 47.2 Å². The molecule has 0 aliphatic rings. The average Bonchev–Trinajstić information content (AvgIpc) is 2.97. The molecule has 0 fully saturated rings. The van der Waals surface area contributed by atoms with Crippen LogP contribution in [0.3, 0.4) is 0 Å². The Balaban J connectivity index is 2.28. The number of carbonyl (C=O) groups excluding carboxylic acids is 2. The lowest BCUT2D eigenvalue weighted by Crippen LogP contribution is -2.25. The van der Waals surface area contributed by atoms with E-state index in [1.54, 1.807) is 6.92 Å². The van der Waals surface area contributed by atoms with Crippen LogP contribution >= 0.6 is 0 Å². The smallest absolute Gasteiger partial charge is 0.339 e. The van der Waals surface area contributed by atoms with Gasteiger partial charge in [-0.05, 0) is 38.8 Å². The molecule has 0 saturated heterocycles. The lowest BCUT2D eigenvalue weighted by Gasteiger charge is -2.12. The summed E-state index contributed by atoms with van der Waals surface area (Å²) >= 11 is 0. The van der Waals surface area contributed by atoms with Gasteiger partial charge in [0.2, 0.25) is 5.91 Å². The molecule has 0 unspecified atom stereocenters. The van der Waals surface area contributed by atoms with Gasteiger partial charge in [-0.3, -0.25) is 4.79 Å². The van der Waals surface area contributed by atoms with E-state index in [-0.39, 0.29) is 11.9 Å². The molecule has 5 heteroatoms. The first-order chi connectivity index (χ1) is 13.0. The first kappa shape index (κ1) is 20.7. The van der Waals surface area contributed by atoms with E-state index < -0.39 is 0 Å². The lowest BCUT2D eigenvalue weighted by atomic mass is 10.1. The predicted molar refractivity (Wildman–Crippen MR) is 108 cm³/mol. The lowest BCUT2D eigenvalue weighted by molar-refractivity contribution is -0.121. The molecule has 2 aromatic rings. The molecule has 1 N–H and O–H groups in total. The quantitative estimate of drug-likeness (QED) is 0.530. The van der Waals surface area contributed by atoms with Crippen molar-refractivity contribution in [3.63, 3.8) is 0 Å². The van der Waals surface area contributed by atoms with Crippen LogP contribution in [0.2, 0.25) is 0 Å². The van der Waals surface area contributed by atoms with E-state index >= 15 is 0 Å². The molecular weight excluding hydrogens is 340 g/mol. The van der Waals surface area contributed by atoms with Crippen LogP contribution in [-0.2, 0) is 16.1 Å². The second-order valence-corrected chi connectivity index (χ2v) is 6.72. The Labute approximate surface area is 161 Å². The number of ether oxygens (including phenoxy) is 1. The Morgan fingerprint density at radius 3 is 2.44 bits per heavy atom. The van der Waals surface area contributed by atoms with Crippen LogP contribution in [0.1, 0.15) is 54.7 Å². The van der Waals surface area contributed by atoms with Crippen molar-refractivity contribution < 1.29 is 14.3 Å². The fourth-order valence-corrected chi connectivity index (χ4v) is 3.02. The van der Waals surface area contributed by atoms with Crippen LogP contribution < -0.4 is 5.32 Å². The minimum absolute atomic E-state index is 0.0316. The molecule has 1 heterocycles. The zero-order valence-corrected chi connectivity index (χ0v) is 16.8. The maximum absolute atomic E-state index is 12.3. The summed E-state index contributed by atoms with van der Waals surface area (Å²) in [5.74, 6) is -0.293. The van der Waals surface area contributed by atoms with Crippen molar-refractivity contribution in [2.75, 3.05) is 13.2 Å². The average molecular weight is 370 g/mol. The predicted octanol–water partition coefficient (Wildman–Crippen LogP) is 4.26. The molecule has 0 radical (unpaired) electrons. The van der Waals surface area contributed by atoms with Crippen molar-refractivity contribution >= 4 is 11.9 Å². The Hall–Kier alpha value is -2.56. The summed E-state index contributed by atoms with van der Waals surface area (Å²) in [5, 5.41) is 2.95. The third-order valence-corrected chi connectivity index (χ3v) is 4.62. The normalized spacial score (nSPS) is 10.7. The molecular formula is C22H30N2O3. The molecule has 5 nitrogen and oxygen atoms in total. The number of esters is 1. The molecule has 27 heavy (non-hydrogen) atoms. The number of hydrogen-bond donors (Lipinski definition) is 1. The standard InChI is InChI=1S/C22H30N2O3/c1-5-7-13-23-21(25)12-14-24-17(4)19(22(26)27-6-2)15-20(24)18-10-8-16(3)9-11-18/h8-11,15H,5-7,12-14H2,1-4H3,(H,23,25). The number of aryl methyl sites for hydroxylation is 1. The van der Waals surface area contributed by atoms with Gasteiger partial charge in [0.1, 0.15) is 0 Å². The van der Waals surface area contributed by atoms with E-state index in [1.807, 2.05) is 48.7 Å². The summed E-state index contributed by atoms with van der Waals surface area (Å²) in [6.07, 6.45) is 2.41. The SMILES string of the molecule is CCCCNC(=O)CCn1c(-c2ccc(C)cc2)cc(C(=O)OCC)c1C. The molecule has 0 aliphatic carbocycles. The summed E-state index contributed by atoms with van der Waals surface area (Å²) < 4.78 is 7.23. The first-order valence-corrected chi connectivity index (χ1v) is 9.68. The Morgan fingerprint density at radius 1 is 1.11 bits per heavy atom. The second kappa shape index (κ2) is 9.95. The van der Waals surface area contributed by atoms with Crippen molar-refractivity contribution in [2.24, 2.45) is 0 Å². The first-order valence-electron chi connectivity index (χ1n) is 9.68. The minimum atomic E-state index is -0.325. The summed E-state index contributed by atoms with van der Waals surface area (Å²) in [4.78, 5) is 24.4. The van der Waals surface area contributed by atoms with Crippen molar-refractivity contribution in [1.29, 1.82) is 0 Å². The largest absolute Gasteiger partial charge is 0.462 e. The summed E-state index contributed by atoms with van der Waals surface area (Å²) in [6, 6.07) is 10.0. The number of amides is 1. The van der Waals surface area contributed by atoms with Gasteiger partial charge in [0, 0.05) is 30.9 Å². The summed E-state index contributed by atoms with van der Waals surface area (Å²) in [5.41, 5.74) is 4.50. The molecule has 0 atom stereocenters. The highest BCUT2D eigenvalue weighted by molar-refractivity contribution is 5.92. The fraction of sp³-hybridized carbons (Fsp3) is 0.455. The van der Waals surface area contributed by atoms with Gasteiger partial charge >= 0.3 is 5.97 Å². The zero-order chi connectivity index (χ0) is 19.8. The van der Waals surface area contributed by atoms with E-state index in [1.165, 1.54) is 5.56 Å². The van der Waals surface area contributed by atoms with Crippen LogP contribution in [0, 0.1) is 13.8 Å². The summed E-state index contributed by atoms with van der Waals surface area (Å²) in [6.45, 7) is 9.40. The van der Waals surface area contributed by atoms with Crippen molar-refractivity contribution in [1.82, 2.24) is 9.88 Å². The maximum atomic E-state index is 12.3. The number of nitrogens with one attached hydrogen (secondary N) is 1. The number of rotatable bonds is 9. The third kappa shape index (κ3) is 5.46. The van der Waals surface area contributed by atoms with E-state index in [0.29, 0.717) is 31.7 Å². The third-order valence-electron chi connectivity index (χ3n) is 4.62. The monoisotopic (exact) mass is 370 g/mol. The molecule has 0 bridgehead atoms. The van der Waals surface area contributed by atoms with E-state index in [4.69, 9.17) is 4.74 Å². The topological polar surface area (TPSA) is 60.3 Å². The molecule has 1 aromatic carbocycles. The van der Waals surface area contributed by atoms with Gasteiger partial charge < -0.3 is 14.6 Å². The highest BCUT2D eigenvalue weighted by atomic mass is 16.5. The van der Waals surface area contributed by atoms with Gasteiger partial charge in [0.15, 0.2) is 0 Å². The minimum Gasteiger partial charge on any atom is -0.462 e. The molecule has 146 valence electrons. The van der Waals surface area contributed by atoms with E-state index in [0.717, 1.165) is 29.8 Å². The highest BCUT2D eigenvalue weighted by Gasteiger charge is 2.19. The molecule has 2 rings (SSSR count). The molecule has 0 aliphatic heterocycles. The number of aromatic nitrogens is 1. The number of carbonyl (C=O) groups is 2. The van der Waals surface area contributed by atoms with Crippen LogP contribution in [0.25, 0.3) is 11.3 Å². The van der Waals surface area contributed by atoms with E-state index in [9.17, 15) is 9.59 Å².